The van der Waals surface area contributed by atoms with Crippen LogP contribution in [0.5, 0.6) is 17.2 Å². The van der Waals surface area contributed by atoms with Gasteiger partial charge in [-0.2, -0.15) is 0 Å². The van der Waals surface area contributed by atoms with Gasteiger partial charge in [-0.25, -0.2) is 4.99 Å². The molecular weight excluding hydrogens is 508 g/mol. The van der Waals surface area contributed by atoms with Crippen molar-refractivity contribution in [3.8, 4) is 17.2 Å². The molecule has 0 unspecified atom stereocenters. The minimum atomic E-state index is -0.234. The summed E-state index contributed by atoms with van der Waals surface area (Å²) >= 11 is 1.41. The fourth-order valence-electron chi connectivity index (χ4n) is 5.30. The van der Waals surface area contributed by atoms with E-state index in [1.54, 1.807) is 20.3 Å². The summed E-state index contributed by atoms with van der Waals surface area (Å²) in [5.74, 6) is 2.01. The summed E-state index contributed by atoms with van der Waals surface area (Å²) in [6.07, 6.45) is 5.35. The number of hydrogen-bond acceptors (Lipinski definition) is 6. The molecule has 0 saturated carbocycles. The highest BCUT2D eigenvalue weighted by molar-refractivity contribution is 7.07. The zero-order valence-electron chi connectivity index (χ0n) is 21.8. The summed E-state index contributed by atoms with van der Waals surface area (Å²) < 4.78 is 19.1. The summed E-state index contributed by atoms with van der Waals surface area (Å²) in [6.45, 7) is 4.08. The third-order valence-corrected chi connectivity index (χ3v) is 8.13. The van der Waals surface area contributed by atoms with E-state index in [1.165, 1.54) is 22.5 Å². The van der Waals surface area contributed by atoms with Gasteiger partial charge in [0.25, 0.3) is 5.56 Å². The normalized spacial score (nSPS) is 16.1. The first-order chi connectivity index (χ1) is 19.1. The number of benzene rings is 3. The minimum absolute atomic E-state index is 0.0593. The van der Waals surface area contributed by atoms with Gasteiger partial charge >= 0.3 is 0 Å². The van der Waals surface area contributed by atoms with Crippen molar-refractivity contribution in [1.82, 2.24) is 4.57 Å². The van der Waals surface area contributed by atoms with Crippen LogP contribution in [0.4, 0.5) is 0 Å². The molecule has 0 saturated heterocycles. The third kappa shape index (κ3) is 4.49. The van der Waals surface area contributed by atoms with Crippen molar-refractivity contribution in [2.24, 2.45) is 4.99 Å². The minimum Gasteiger partial charge on any atom is -0.497 e. The van der Waals surface area contributed by atoms with Gasteiger partial charge in [-0.3, -0.25) is 9.36 Å². The average molecular weight is 537 g/mol. The number of nitrogens with zero attached hydrogens (tertiary/aromatic N) is 2. The topological polar surface area (TPSA) is 62.0 Å². The van der Waals surface area contributed by atoms with E-state index in [0.29, 0.717) is 27.4 Å². The molecule has 1 aliphatic heterocycles. The first kappa shape index (κ1) is 24.9. The lowest BCUT2D eigenvalue weighted by Gasteiger charge is -2.30. The maximum Gasteiger partial charge on any atom is 0.271 e. The molecule has 1 aliphatic carbocycles. The Morgan fingerprint density at radius 2 is 1.85 bits per heavy atom. The Morgan fingerprint density at radius 3 is 2.62 bits per heavy atom. The number of allylic oxidation sites excluding steroid dienone is 1. The number of ether oxygens (including phenoxy) is 3. The fourth-order valence-corrected chi connectivity index (χ4v) is 6.30. The van der Waals surface area contributed by atoms with E-state index in [0.717, 1.165) is 41.0 Å². The third-order valence-electron chi connectivity index (χ3n) is 7.15. The Hall–Kier alpha value is -4.36. The van der Waals surface area contributed by atoms with Gasteiger partial charge in [-0.15, -0.1) is 0 Å². The zero-order valence-corrected chi connectivity index (χ0v) is 22.7. The Morgan fingerprint density at radius 1 is 1.03 bits per heavy atom. The second-order valence-corrected chi connectivity index (χ2v) is 10.4. The van der Waals surface area contributed by atoms with E-state index in [2.05, 4.69) is 30.8 Å². The van der Waals surface area contributed by atoms with E-state index in [4.69, 9.17) is 19.2 Å². The van der Waals surface area contributed by atoms with E-state index in [9.17, 15) is 4.79 Å². The molecule has 2 aliphatic rings. The van der Waals surface area contributed by atoms with Crippen molar-refractivity contribution in [2.75, 3.05) is 20.8 Å². The molecule has 7 heteroatoms. The van der Waals surface area contributed by atoms with Crippen LogP contribution in [0.15, 0.2) is 94.7 Å². The molecule has 2 heterocycles. The van der Waals surface area contributed by atoms with Crippen molar-refractivity contribution in [2.45, 2.75) is 18.9 Å². The highest BCUT2D eigenvalue weighted by Gasteiger charge is 2.32. The van der Waals surface area contributed by atoms with Crippen LogP contribution in [-0.4, -0.2) is 25.4 Å². The van der Waals surface area contributed by atoms with Crippen LogP contribution in [0, 0.1) is 0 Å². The highest BCUT2D eigenvalue weighted by atomic mass is 32.1. The predicted octanol–water partition coefficient (Wildman–Crippen LogP) is 4.90. The monoisotopic (exact) mass is 536 g/mol. The Kier molecular flexibility index (Phi) is 6.67. The number of hydrogen-bond donors (Lipinski definition) is 0. The van der Waals surface area contributed by atoms with E-state index >= 15 is 0 Å². The van der Waals surface area contributed by atoms with Crippen molar-refractivity contribution in [1.29, 1.82) is 0 Å². The lowest BCUT2D eigenvalue weighted by atomic mass is 9.83. The van der Waals surface area contributed by atoms with Crippen LogP contribution in [0.1, 0.15) is 34.7 Å². The summed E-state index contributed by atoms with van der Waals surface area (Å²) in [4.78, 5) is 19.8. The standard InChI is InChI=1S/C32H28N2O4S/c1-4-17-38-26-16-9-20(18-27(26)37-3)19-28-31(35)34-30(22-10-13-23(36-2)14-11-22)25-15-12-21-7-5-6-8-24(21)29(25)33-32(34)39-28/h4-11,13-14,16,18-19,30H,1,12,15,17H2,2-3H3/b28-19+/t30-/m0/s1. The molecule has 39 heavy (non-hydrogen) atoms. The van der Waals surface area contributed by atoms with E-state index in [-0.39, 0.29) is 11.6 Å². The summed E-state index contributed by atoms with van der Waals surface area (Å²) in [5, 5.41) is 0. The number of fused-ring (bicyclic) bond motifs is 3. The smallest absolute Gasteiger partial charge is 0.271 e. The molecule has 0 fully saturated rings. The quantitative estimate of drug-likeness (QED) is 0.315. The fraction of sp³-hybridized carbons (Fsp3) is 0.188. The number of methoxy groups -OCH3 is 2. The van der Waals surface area contributed by atoms with Gasteiger partial charge in [0.05, 0.1) is 30.5 Å². The largest absolute Gasteiger partial charge is 0.497 e. The van der Waals surface area contributed by atoms with E-state index < -0.39 is 0 Å². The van der Waals surface area contributed by atoms with Crippen molar-refractivity contribution in [3.05, 3.63) is 127 Å². The van der Waals surface area contributed by atoms with Gasteiger partial charge < -0.3 is 14.2 Å². The van der Waals surface area contributed by atoms with Crippen molar-refractivity contribution in [3.63, 3.8) is 0 Å². The lowest BCUT2D eigenvalue weighted by molar-refractivity contribution is 0.326. The van der Waals surface area contributed by atoms with Gasteiger partial charge in [-0.1, -0.05) is 66.5 Å². The molecule has 196 valence electrons. The Bertz CT molecular complexity index is 1780. The van der Waals surface area contributed by atoms with Crippen LogP contribution >= 0.6 is 11.3 Å². The number of thiazole rings is 1. The van der Waals surface area contributed by atoms with Gasteiger partial charge in [0.2, 0.25) is 0 Å². The van der Waals surface area contributed by atoms with Gasteiger partial charge in [-0.05, 0) is 65.4 Å². The van der Waals surface area contributed by atoms with Crippen LogP contribution in [-0.2, 0) is 6.42 Å². The molecule has 0 amide bonds. The number of aryl methyl sites for hydroxylation is 1. The molecule has 0 spiro atoms. The van der Waals surface area contributed by atoms with Crippen molar-refractivity contribution < 1.29 is 14.2 Å². The zero-order chi connectivity index (χ0) is 26.9. The molecule has 3 aromatic carbocycles. The van der Waals surface area contributed by atoms with Gasteiger partial charge in [0.15, 0.2) is 16.3 Å². The van der Waals surface area contributed by atoms with Crippen molar-refractivity contribution >= 4 is 23.1 Å². The molecule has 1 atom stereocenters. The van der Waals surface area contributed by atoms with Crippen LogP contribution < -0.4 is 29.1 Å². The molecule has 6 nitrogen and oxygen atoms in total. The molecule has 4 aromatic rings. The van der Waals surface area contributed by atoms with Crippen LogP contribution in [0.25, 0.3) is 11.8 Å². The molecule has 6 rings (SSSR count). The maximum absolute atomic E-state index is 14.0. The predicted molar refractivity (Wildman–Crippen MR) is 154 cm³/mol. The number of rotatable bonds is 7. The van der Waals surface area contributed by atoms with E-state index in [1.807, 2.05) is 53.1 Å². The second kappa shape index (κ2) is 10.4. The lowest BCUT2D eigenvalue weighted by Crippen LogP contribution is -2.38. The molecule has 1 aromatic heterocycles. The summed E-state index contributed by atoms with van der Waals surface area (Å²) in [5.41, 5.74) is 6.41. The summed E-state index contributed by atoms with van der Waals surface area (Å²) in [7, 11) is 3.26. The second-order valence-electron chi connectivity index (χ2n) is 9.40. The first-order valence-corrected chi connectivity index (χ1v) is 13.6. The molecule has 0 bridgehead atoms. The Labute approximate surface area is 230 Å². The highest BCUT2D eigenvalue weighted by Crippen LogP contribution is 2.41. The SMILES string of the molecule is C=CCOc1ccc(/C=c2/sc3n(c2=O)[C@@H](c2ccc(OC)cc2)C2=C(N=3)c3ccccc3CC2)cc1OC. The number of aromatic nitrogens is 1. The van der Waals surface area contributed by atoms with Gasteiger partial charge in [0.1, 0.15) is 12.4 Å². The van der Waals surface area contributed by atoms with Gasteiger partial charge in [0, 0.05) is 5.56 Å². The summed E-state index contributed by atoms with van der Waals surface area (Å²) in [6, 6.07) is 21.8. The van der Waals surface area contributed by atoms with Crippen LogP contribution in [0.3, 0.4) is 0 Å². The molecule has 0 N–H and O–H groups in total. The van der Waals surface area contributed by atoms with Crippen LogP contribution in [0.2, 0.25) is 0 Å². The first-order valence-electron chi connectivity index (χ1n) is 12.8. The Balaban J connectivity index is 1.53. The molecular formula is C32H28N2O4S. The maximum atomic E-state index is 14.0. The average Bonchev–Trinajstić information content (AvgIpc) is 3.29. The molecule has 0 radical (unpaired) electrons.